The van der Waals surface area contributed by atoms with Crippen LogP contribution in [0.3, 0.4) is 0 Å². The van der Waals surface area contributed by atoms with Crippen molar-refractivity contribution in [3.63, 3.8) is 0 Å². The topological polar surface area (TPSA) is 43.8 Å². The minimum atomic E-state index is 0.127. The maximum absolute atomic E-state index is 11.6. The molecular formula is C22H34N2O2. The van der Waals surface area contributed by atoms with Gasteiger partial charge < -0.3 is 5.11 Å². The van der Waals surface area contributed by atoms with Gasteiger partial charge in [-0.1, -0.05) is 37.5 Å². The number of nitrogens with zero attached hydrogens (tertiary/aromatic N) is 2. The molecule has 144 valence electrons. The summed E-state index contributed by atoms with van der Waals surface area (Å²) in [5, 5.41) is 9.53. The van der Waals surface area contributed by atoms with Crippen LogP contribution in [0.5, 0.6) is 0 Å². The number of aliphatic hydroxyl groups is 1. The van der Waals surface area contributed by atoms with Gasteiger partial charge in [0, 0.05) is 50.9 Å². The summed E-state index contributed by atoms with van der Waals surface area (Å²) < 4.78 is 0. The molecule has 1 saturated heterocycles. The summed E-state index contributed by atoms with van der Waals surface area (Å²) >= 11 is 0. The Bertz CT molecular complexity index is 583. The average molecular weight is 359 g/mol. The Morgan fingerprint density at radius 3 is 2.73 bits per heavy atom. The molecule has 0 bridgehead atoms. The second kappa shape index (κ2) is 9.63. The molecule has 1 heterocycles. The minimum Gasteiger partial charge on any atom is -0.396 e. The highest BCUT2D eigenvalue weighted by Crippen LogP contribution is 2.26. The zero-order valence-electron chi connectivity index (χ0n) is 16.2. The van der Waals surface area contributed by atoms with Crippen molar-refractivity contribution in [2.24, 2.45) is 5.92 Å². The van der Waals surface area contributed by atoms with Crippen molar-refractivity contribution in [1.82, 2.24) is 9.80 Å². The van der Waals surface area contributed by atoms with Gasteiger partial charge in [0.1, 0.15) is 0 Å². The molecule has 4 heteroatoms. The van der Waals surface area contributed by atoms with E-state index in [2.05, 4.69) is 15.9 Å². The molecule has 2 aliphatic rings. The number of hydrogen-bond acceptors (Lipinski definition) is 4. The number of ketones is 1. The number of aliphatic hydroxyl groups excluding tert-OH is 1. The molecule has 0 aromatic heterocycles. The summed E-state index contributed by atoms with van der Waals surface area (Å²) in [6, 6.07) is 8.46. The third-order valence-corrected chi connectivity index (χ3v) is 6.11. The molecule has 0 spiro atoms. The summed E-state index contributed by atoms with van der Waals surface area (Å²) in [7, 11) is 0. The standard InChI is InChI=1S/C22H34N2O2/c1-18(26)21-9-5-8-20(14-21)15-23-11-12-24(22(17-23)10-13-25)16-19-6-3-2-4-7-19/h5,8-9,14,19,22,25H,2-4,6-7,10-13,15-17H2,1H3. The first kappa shape index (κ1) is 19.5. The molecule has 1 N–H and O–H groups in total. The number of carbonyl (C=O) groups is 1. The van der Waals surface area contributed by atoms with Gasteiger partial charge in [0.15, 0.2) is 5.78 Å². The highest BCUT2D eigenvalue weighted by atomic mass is 16.3. The average Bonchev–Trinajstić information content (AvgIpc) is 2.65. The predicted octanol–water partition coefficient (Wildman–Crippen LogP) is 3.34. The Kier molecular flexibility index (Phi) is 7.23. The van der Waals surface area contributed by atoms with E-state index in [0.29, 0.717) is 6.04 Å². The minimum absolute atomic E-state index is 0.127. The van der Waals surface area contributed by atoms with E-state index in [4.69, 9.17) is 0 Å². The molecule has 3 rings (SSSR count). The van der Waals surface area contributed by atoms with Gasteiger partial charge in [-0.15, -0.1) is 0 Å². The third-order valence-electron chi connectivity index (χ3n) is 6.11. The number of Topliss-reactive ketones (excluding diaryl/α,β-unsaturated/α-hetero) is 1. The number of carbonyl (C=O) groups excluding carboxylic acids is 1. The highest BCUT2D eigenvalue weighted by Gasteiger charge is 2.28. The Labute approximate surface area is 158 Å². The van der Waals surface area contributed by atoms with Gasteiger partial charge in [0.05, 0.1) is 0 Å². The number of rotatable bonds is 7. The highest BCUT2D eigenvalue weighted by molar-refractivity contribution is 5.94. The lowest BCUT2D eigenvalue weighted by Gasteiger charge is -2.43. The summed E-state index contributed by atoms with van der Waals surface area (Å²) in [5.41, 5.74) is 2.01. The summed E-state index contributed by atoms with van der Waals surface area (Å²) in [5.74, 6) is 0.978. The Balaban J connectivity index is 1.58. The fourth-order valence-corrected chi connectivity index (χ4v) is 4.61. The molecule has 0 amide bonds. The van der Waals surface area contributed by atoms with Crippen LogP contribution >= 0.6 is 0 Å². The quantitative estimate of drug-likeness (QED) is 0.759. The van der Waals surface area contributed by atoms with Crippen LogP contribution in [-0.4, -0.2) is 59.5 Å². The van der Waals surface area contributed by atoms with E-state index in [1.807, 2.05) is 18.2 Å². The molecule has 1 aliphatic carbocycles. The van der Waals surface area contributed by atoms with Crippen molar-refractivity contribution in [3.05, 3.63) is 35.4 Å². The summed E-state index contributed by atoms with van der Waals surface area (Å²) in [6.07, 6.45) is 7.80. The van der Waals surface area contributed by atoms with Crippen LogP contribution in [0.2, 0.25) is 0 Å². The van der Waals surface area contributed by atoms with Gasteiger partial charge in [-0.3, -0.25) is 14.6 Å². The van der Waals surface area contributed by atoms with Crippen LogP contribution in [0.4, 0.5) is 0 Å². The molecule has 1 aliphatic heterocycles. The number of piperazine rings is 1. The lowest BCUT2D eigenvalue weighted by atomic mass is 9.88. The van der Waals surface area contributed by atoms with Crippen molar-refractivity contribution in [2.45, 2.75) is 58.0 Å². The van der Waals surface area contributed by atoms with E-state index in [9.17, 15) is 9.90 Å². The van der Waals surface area contributed by atoms with Gasteiger partial charge in [0.2, 0.25) is 0 Å². The molecule has 2 fully saturated rings. The molecule has 1 unspecified atom stereocenters. The van der Waals surface area contributed by atoms with Crippen LogP contribution in [0.1, 0.15) is 61.4 Å². The third kappa shape index (κ3) is 5.38. The first-order valence-electron chi connectivity index (χ1n) is 10.3. The lowest BCUT2D eigenvalue weighted by molar-refractivity contribution is 0.0400. The predicted molar refractivity (Wildman–Crippen MR) is 105 cm³/mol. The van der Waals surface area contributed by atoms with Crippen LogP contribution in [-0.2, 0) is 6.54 Å². The van der Waals surface area contributed by atoms with E-state index < -0.39 is 0 Å². The van der Waals surface area contributed by atoms with Crippen LogP contribution in [0.25, 0.3) is 0 Å². The van der Waals surface area contributed by atoms with Crippen molar-refractivity contribution in [3.8, 4) is 0 Å². The van der Waals surface area contributed by atoms with E-state index in [1.54, 1.807) is 6.92 Å². The lowest BCUT2D eigenvalue weighted by Crippen LogP contribution is -2.54. The van der Waals surface area contributed by atoms with Crippen molar-refractivity contribution >= 4 is 5.78 Å². The summed E-state index contributed by atoms with van der Waals surface area (Å²) in [6.45, 7) is 7.16. The van der Waals surface area contributed by atoms with Gasteiger partial charge >= 0.3 is 0 Å². The largest absolute Gasteiger partial charge is 0.396 e. The van der Waals surface area contributed by atoms with E-state index in [0.717, 1.165) is 44.1 Å². The SMILES string of the molecule is CC(=O)c1cccc(CN2CCN(CC3CCCCC3)C(CCO)C2)c1. The maximum Gasteiger partial charge on any atom is 0.159 e. The van der Waals surface area contributed by atoms with E-state index in [-0.39, 0.29) is 12.4 Å². The van der Waals surface area contributed by atoms with Gasteiger partial charge in [-0.2, -0.15) is 0 Å². The molecule has 0 radical (unpaired) electrons. The molecule has 1 atom stereocenters. The normalized spacial score (nSPS) is 23.2. The molecule has 4 nitrogen and oxygen atoms in total. The Morgan fingerprint density at radius 1 is 1.19 bits per heavy atom. The zero-order valence-corrected chi connectivity index (χ0v) is 16.2. The Morgan fingerprint density at radius 2 is 2.00 bits per heavy atom. The molecule has 26 heavy (non-hydrogen) atoms. The van der Waals surface area contributed by atoms with Crippen LogP contribution in [0, 0.1) is 5.92 Å². The second-order valence-corrected chi connectivity index (χ2v) is 8.16. The van der Waals surface area contributed by atoms with Crippen LogP contribution < -0.4 is 0 Å². The molecular weight excluding hydrogens is 324 g/mol. The first-order chi connectivity index (χ1) is 12.7. The maximum atomic E-state index is 11.6. The number of benzene rings is 1. The van der Waals surface area contributed by atoms with Crippen molar-refractivity contribution in [1.29, 1.82) is 0 Å². The second-order valence-electron chi connectivity index (χ2n) is 8.16. The smallest absolute Gasteiger partial charge is 0.159 e. The van der Waals surface area contributed by atoms with Crippen molar-refractivity contribution in [2.75, 3.05) is 32.8 Å². The van der Waals surface area contributed by atoms with E-state index in [1.165, 1.54) is 44.2 Å². The van der Waals surface area contributed by atoms with Gasteiger partial charge in [-0.05, 0) is 43.7 Å². The van der Waals surface area contributed by atoms with Gasteiger partial charge in [0.25, 0.3) is 0 Å². The fourth-order valence-electron chi connectivity index (χ4n) is 4.61. The molecule has 1 aromatic carbocycles. The van der Waals surface area contributed by atoms with Crippen LogP contribution in [0.15, 0.2) is 24.3 Å². The fraction of sp³-hybridized carbons (Fsp3) is 0.682. The zero-order chi connectivity index (χ0) is 18.4. The monoisotopic (exact) mass is 358 g/mol. The van der Waals surface area contributed by atoms with Gasteiger partial charge in [-0.25, -0.2) is 0 Å². The van der Waals surface area contributed by atoms with E-state index >= 15 is 0 Å². The molecule has 1 aromatic rings. The summed E-state index contributed by atoms with van der Waals surface area (Å²) in [4.78, 5) is 16.7. The first-order valence-corrected chi connectivity index (χ1v) is 10.3. The Hall–Kier alpha value is -1.23. The number of hydrogen-bond donors (Lipinski definition) is 1. The van der Waals surface area contributed by atoms with Crippen molar-refractivity contribution < 1.29 is 9.90 Å². The molecule has 1 saturated carbocycles.